The number of benzene rings is 1. The normalized spacial score (nSPS) is 17.6. The molecule has 0 spiro atoms. The Morgan fingerprint density at radius 1 is 1.09 bits per heavy atom. The van der Waals surface area contributed by atoms with Crippen LogP contribution in [0.2, 0.25) is 18.1 Å². The number of hydrogen-bond acceptors (Lipinski definition) is 2. The van der Waals surface area contributed by atoms with E-state index in [0.717, 1.165) is 13.0 Å². The lowest BCUT2D eigenvalue weighted by Gasteiger charge is -2.36. The van der Waals surface area contributed by atoms with Crippen LogP contribution in [0.3, 0.4) is 0 Å². The molecular weight excluding hydrogens is 298 g/mol. The fourth-order valence-corrected chi connectivity index (χ4v) is 3.92. The van der Waals surface area contributed by atoms with Crippen LogP contribution in [-0.4, -0.2) is 28.0 Å². The lowest BCUT2D eigenvalue weighted by atomic mass is 9.98. The third kappa shape index (κ3) is 4.83. The summed E-state index contributed by atoms with van der Waals surface area (Å²) in [6.07, 6.45) is 3.78. The smallest absolute Gasteiger partial charge is 0.191 e. The van der Waals surface area contributed by atoms with Crippen LogP contribution in [0.5, 0.6) is 0 Å². The van der Waals surface area contributed by atoms with Gasteiger partial charge in [0.25, 0.3) is 0 Å². The van der Waals surface area contributed by atoms with Crippen molar-refractivity contribution in [1.82, 2.24) is 0 Å². The van der Waals surface area contributed by atoms with Crippen LogP contribution in [0, 0.1) is 0 Å². The predicted molar refractivity (Wildman–Crippen MR) is 104 cm³/mol. The van der Waals surface area contributed by atoms with Gasteiger partial charge < -0.3 is 9.33 Å². The van der Waals surface area contributed by atoms with Crippen LogP contribution in [0.4, 0.5) is 5.69 Å². The molecule has 0 bridgehead atoms. The molecule has 0 saturated carbocycles. The topological polar surface area (TPSA) is 12.5 Å². The third-order valence-electron chi connectivity index (χ3n) is 5.75. The van der Waals surface area contributed by atoms with Crippen molar-refractivity contribution in [3.8, 4) is 0 Å². The lowest BCUT2D eigenvalue weighted by Crippen LogP contribution is -2.41. The summed E-state index contributed by atoms with van der Waals surface area (Å²) in [6.45, 7) is 17.2. The van der Waals surface area contributed by atoms with E-state index in [1.807, 2.05) is 0 Å². The van der Waals surface area contributed by atoms with Crippen molar-refractivity contribution < 1.29 is 4.43 Å². The second-order valence-electron chi connectivity index (χ2n) is 8.58. The average molecular weight is 334 g/mol. The van der Waals surface area contributed by atoms with Gasteiger partial charge in [0.1, 0.15) is 0 Å². The fraction of sp³-hybridized carbons (Fsp3) is 0.700. The van der Waals surface area contributed by atoms with Crippen molar-refractivity contribution in [2.75, 3.05) is 24.6 Å². The molecule has 1 aromatic carbocycles. The van der Waals surface area contributed by atoms with Gasteiger partial charge in [0, 0.05) is 25.4 Å². The quantitative estimate of drug-likeness (QED) is 0.610. The number of nitrogens with zero attached hydrogens (tertiary/aromatic N) is 1. The molecule has 1 aliphatic heterocycles. The summed E-state index contributed by atoms with van der Waals surface area (Å²) in [5.41, 5.74) is 2.82. The molecule has 2 nitrogen and oxygen atoms in total. The summed E-state index contributed by atoms with van der Waals surface area (Å²) in [5.74, 6) is 0.562. The predicted octanol–water partition coefficient (Wildman–Crippen LogP) is 5.80. The molecule has 3 heteroatoms. The zero-order valence-corrected chi connectivity index (χ0v) is 17.0. The molecule has 1 saturated heterocycles. The molecule has 1 fully saturated rings. The first-order chi connectivity index (χ1) is 10.7. The van der Waals surface area contributed by atoms with Crippen molar-refractivity contribution in [1.29, 1.82) is 0 Å². The van der Waals surface area contributed by atoms with E-state index >= 15 is 0 Å². The summed E-state index contributed by atoms with van der Waals surface area (Å²) in [7, 11) is -1.61. The minimum absolute atomic E-state index is 0.299. The summed E-state index contributed by atoms with van der Waals surface area (Å²) in [4.78, 5) is 2.50. The van der Waals surface area contributed by atoms with E-state index in [1.54, 1.807) is 0 Å². The summed E-state index contributed by atoms with van der Waals surface area (Å²) < 4.78 is 6.32. The minimum atomic E-state index is -1.61. The molecule has 1 atom stereocenters. The molecule has 23 heavy (non-hydrogen) atoms. The van der Waals surface area contributed by atoms with E-state index in [4.69, 9.17) is 4.43 Å². The van der Waals surface area contributed by atoms with Gasteiger partial charge in [0.15, 0.2) is 8.32 Å². The van der Waals surface area contributed by atoms with E-state index in [0.29, 0.717) is 11.0 Å². The van der Waals surface area contributed by atoms with E-state index < -0.39 is 8.32 Å². The average Bonchev–Trinajstić information content (AvgIpc) is 3.00. The Morgan fingerprint density at radius 3 is 2.17 bits per heavy atom. The Bertz CT molecular complexity index is 483. The van der Waals surface area contributed by atoms with Crippen molar-refractivity contribution >= 4 is 14.0 Å². The van der Waals surface area contributed by atoms with E-state index in [1.165, 1.54) is 37.2 Å². The van der Waals surface area contributed by atoms with Gasteiger partial charge in [0.05, 0.1) is 0 Å². The molecule has 2 rings (SSSR count). The highest BCUT2D eigenvalue weighted by Crippen LogP contribution is 2.37. The highest BCUT2D eigenvalue weighted by molar-refractivity contribution is 6.74. The summed E-state index contributed by atoms with van der Waals surface area (Å²) >= 11 is 0. The standard InChI is InChI=1S/C20H35NOSi/c1-17(13-16-22-23(5,6)20(2,3)4)18-9-11-19(12-10-18)21-14-7-8-15-21/h9-12,17H,7-8,13-16H2,1-6H3. The Hall–Kier alpha value is -0.803. The van der Waals surface area contributed by atoms with Crippen LogP contribution in [-0.2, 0) is 4.43 Å². The maximum Gasteiger partial charge on any atom is 0.191 e. The van der Waals surface area contributed by atoms with E-state index in [2.05, 4.69) is 70.0 Å². The maximum atomic E-state index is 6.32. The highest BCUT2D eigenvalue weighted by atomic mass is 28.4. The van der Waals surface area contributed by atoms with Crippen LogP contribution in [0.25, 0.3) is 0 Å². The largest absolute Gasteiger partial charge is 0.417 e. The summed E-state index contributed by atoms with van der Waals surface area (Å²) in [6, 6.07) is 9.22. The van der Waals surface area contributed by atoms with Gasteiger partial charge in [-0.25, -0.2) is 0 Å². The van der Waals surface area contributed by atoms with E-state index in [-0.39, 0.29) is 0 Å². The molecule has 130 valence electrons. The molecule has 0 radical (unpaired) electrons. The second kappa shape index (κ2) is 7.39. The Balaban J connectivity index is 1.85. The third-order valence-corrected chi connectivity index (χ3v) is 10.3. The molecular formula is C20H35NOSi. The number of rotatable bonds is 6. The molecule has 1 unspecified atom stereocenters. The van der Waals surface area contributed by atoms with Gasteiger partial charge >= 0.3 is 0 Å². The molecule has 0 N–H and O–H groups in total. The summed E-state index contributed by atoms with van der Waals surface area (Å²) in [5, 5.41) is 0.299. The van der Waals surface area contributed by atoms with Crippen LogP contribution in [0.1, 0.15) is 58.4 Å². The minimum Gasteiger partial charge on any atom is -0.417 e. The SMILES string of the molecule is CC(CCO[Si](C)(C)C(C)(C)C)c1ccc(N2CCCC2)cc1. The van der Waals surface area contributed by atoms with Gasteiger partial charge in [-0.3, -0.25) is 0 Å². The molecule has 0 aliphatic carbocycles. The van der Waals surface area contributed by atoms with Gasteiger partial charge in [-0.2, -0.15) is 0 Å². The van der Waals surface area contributed by atoms with Gasteiger partial charge in [-0.05, 0) is 61.0 Å². The molecule has 1 aromatic rings. The first-order valence-corrected chi connectivity index (χ1v) is 12.1. The zero-order chi connectivity index (χ0) is 17.1. The van der Waals surface area contributed by atoms with Crippen molar-refractivity contribution in [2.24, 2.45) is 0 Å². The van der Waals surface area contributed by atoms with Gasteiger partial charge in [-0.1, -0.05) is 39.8 Å². The Morgan fingerprint density at radius 2 is 1.65 bits per heavy atom. The first kappa shape index (κ1) is 18.5. The van der Waals surface area contributed by atoms with Crippen molar-refractivity contribution in [2.45, 2.75) is 71.0 Å². The molecule has 1 aliphatic rings. The highest BCUT2D eigenvalue weighted by Gasteiger charge is 2.36. The van der Waals surface area contributed by atoms with Crippen LogP contribution < -0.4 is 4.90 Å². The van der Waals surface area contributed by atoms with Crippen molar-refractivity contribution in [3.05, 3.63) is 29.8 Å². The van der Waals surface area contributed by atoms with Gasteiger partial charge in [0.2, 0.25) is 0 Å². The Kier molecular flexibility index (Phi) is 5.96. The monoisotopic (exact) mass is 333 g/mol. The maximum absolute atomic E-state index is 6.32. The second-order valence-corrected chi connectivity index (χ2v) is 13.4. The molecule has 0 aromatic heterocycles. The fourth-order valence-electron chi connectivity index (χ4n) is 2.86. The Labute approximate surface area is 144 Å². The van der Waals surface area contributed by atoms with E-state index in [9.17, 15) is 0 Å². The lowest BCUT2D eigenvalue weighted by molar-refractivity contribution is 0.274. The van der Waals surface area contributed by atoms with Crippen molar-refractivity contribution in [3.63, 3.8) is 0 Å². The first-order valence-electron chi connectivity index (χ1n) is 9.19. The zero-order valence-electron chi connectivity index (χ0n) is 16.0. The molecule has 1 heterocycles. The van der Waals surface area contributed by atoms with Crippen LogP contribution in [0.15, 0.2) is 24.3 Å². The molecule has 0 amide bonds. The van der Waals surface area contributed by atoms with Crippen LogP contribution >= 0.6 is 0 Å². The van der Waals surface area contributed by atoms with Gasteiger partial charge in [-0.15, -0.1) is 0 Å². The number of anilines is 1. The number of hydrogen-bond donors (Lipinski definition) is 0.